The second-order valence-corrected chi connectivity index (χ2v) is 8.52. The minimum Gasteiger partial charge on any atom is -0.453 e. The zero-order valence-corrected chi connectivity index (χ0v) is 20.2. The fraction of sp³-hybridized carbons (Fsp3) is 0.333. The molecule has 2 aromatic carbocycles. The molecule has 1 atom stereocenters. The minimum atomic E-state index is -1.11. The number of carbonyl (C=O) groups excluding carboxylic acids is 1. The van der Waals surface area contributed by atoms with Crippen LogP contribution in [0.3, 0.4) is 0 Å². The first kappa shape index (κ1) is 24.3. The molecule has 7 nitrogen and oxygen atoms in total. The molecule has 34 heavy (non-hydrogen) atoms. The molecule has 1 aliphatic rings. The number of nitrogens with zero attached hydrogens (tertiary/aromatic N) is 2. The number of Topliss-reactive ketones (excluding diaryl/α,β-unsaturated/α-hetero) is 1. The van der Waals surface area contributed by atoms with Gasteiger partial charge in [0.05, 0.1) is 10.6 Å². The number of benzene rings is 2. The molecule has 0 bridgehead atoms. The average molecular weight is 509 g/mol. The standard InChI is InChI=1S/C24H23Cl2FN2O5/c1-3-32-24(14(2)30)34-19-9-5-4-8-18(19)33-20-12-15(17(27)13-16(20)25)21-22(26)28-10-6-7-11-29(28)23(21)31/h4-5,8-9,12-13,24H,3,6-7,10-11H2,1-2H3. The fourth-order valence-corrected chi connectivity index (χ4v) is 4.35. The summed E-state index contributed by atoms with van der Waals surface area (Å²) in [5.74, 6) is -0.457. The summed E-state index contributed by atoms with van der Waals surface area (Å²) in [6.07, 6.45) is 0.613. The van der Waals surface area contributed by atoms with E-state index in [0.29, 0.717) is 13.1 Å². The van der Waals surface area contributed by atoms with Crippen LogP contribution in [0.4, 0.5) is 4.39 Å². The second kappa shape index (κ2) is 10.2. The van der Waals surface area contributed by atoms with Crippen LogP contribution in [0.1, 0.15) is 26.7 Å². The van der Waals surface area contributed by atoms with E-state index in [-0.39, 0.29) is 56.5 Å². The largest absolute Gasteiger partial charge is 0.453 e. The second-order valence-electron chi connectivity index (χ2n) is 7.75. The van der Waals surface area contributed by atoms with Crippen LogP contribution >= 0.6 is 23.2 Å². The van der Waals surface area contributed by atoms with Gasteiger partial charge in [-0.3, -0.25) is 14.3 Å². The third kappa shape index (κ3) is 4.71. The summed E-state index contributed by atoms with van der Waals surface area (Å²) in [6, 6.07) is 9.04. The lowest BCUT2D eigenvalue weighted by Gasteiger charge is -2.19. The Morgan fingerprint density at radius 1 is 1.09 bits per heavy atom. The van der Waals surface area contributed by atoms with E-state index in [0.717, 1.165) is 18.9 Å². The van der Waals surface area contributed by atoms with Gasteiger partial charge in [0, 0.05) is 32.2 Å². The summed E-state index contributed by atoms with van der Waals surface area (Å²) in [6.45, 7) is 4.47. The number of halogens is 3. The predicted molar refractivity (Wildman–Crippen MR) is 127 cm³/mol. The van der Waals surface area contributed by atoms with Crippen LogP contribution in [0.2, 0.25) is 10.2 Å². The van der Waals surface area contributed by atoms with Crippen molar-refractivity contribution >= 4 is 29.0 Å². The average Bonchev–Trinajstić information content (AvgIpc) is 3.06. The van der Waals surface area contributed by atoms with E-state index < -0.39 is 12.1 Å². The third-order valence-corrected chi connectivity index (χ3v) is 6.09. The Kier molecular flexibility index (Phi) is 7.30. The number of hydrogen-bond acceptors (Lipinski definition) is 5. The smallest absolute Gasteiger partial charge is 0.276 e. The van der Waals surface area contributed by atoms with Gasteiger partial charge in [-0.25, -0.2) is 9.07 Å². The molecule has 4 rings (SSSR count). The first-order valence-electron chi connectivity index (χ1n) is 10.9. The molecule has 180 valence electrons. The maximum atomic E-state index is 15.0. The molecule has 0 aliphatic carbocycles. The number of aromatic nitrogens is 2. The molecule has 3 aromatic rings. The van der Waals surface area contributed by atoms with Gasteiger partial charge in [0.1, 0.15) is 16.7 Å². The molecular formula is C24H23Cl2FN2O5. The molecule has 0 fully saturated rings. The number of fused-ring (bicyclic) bond motifs is 1. The molecule has 0 N–H and O–H groups in total. The SMILES string of the molecule is CCOC(Oc1ccccc1Oc1cc(-c2c(Cl)n3n(c2=O)CCCC3)c(F)cc1Cl)C(C)=O. The lowest BCUT2D eigenvalue weighted by Crippen LogP contribution is -2.28. The van der Waals surface area contributed by atoms with Crippen LogP contribution in [0.5, 0.6) is 17.2 Å². The fourth-order valence-electron chi connectivity index (χ4n) is 3.80. The molecule has 1 aliphatic heterocycles. The third-order valence-electron chi connectivity index (χ3n) is 5.41. The van der Waals surface area contributed by atoms with Crippen molar-refractivity contribution in [3.8, 4) is 28.4 Å². The monoisotopic (exact) mass is 508 g/mol. The molecule has 0 saturated heterocycles. The van der Waals surface area contributed by atoms with Crippen molar-refractivity contribution in [1.29, 1.82) is 0 Å². The van der Waals surface area contributed by atoms with Crippen molar-refractivity contribution in [3.63, 3.8) is 0 Å². The Balaban J connectivity index is 1.73. The van der Waals surface area contributed by atoms with Gasteiger partial charge < -0.3 is 14.2 Å². The van der Waals surface area contributed by atoms with Crippen molar-refractivity contribution in [2.75, 3.05) is 6.61 Å². The molecule has 1 aromatic heterocycles. The van der Waals surface area contributed by atoms with E-state index in [4.69, 9.17) is 37.4 Å². The summed E-state index contributed by atoms with van der Waals surface area (Å²) < 4.78 is 35.1. The normalized spacial score (nSPS) is 13.9. The van der Waals surface area contributed by atoms with E-state index in [1.807, 2.05) is 0 Å². The Hall–Kier alpha value is -2.81. The van der Waals surface area contributed by atoms with Gasteiger partial charge in [-0.1, -0.05) is 35.3 Å². The first-order valence-corrected chi connectivity index (χ1v) is 11.6. The van der Waals surface area contributed by atoms with Gasteiger partial charge >= 0.3 is 0 Å². The summed E-state index contributed by atoms with van der Waals surface area (Å²) >= 11 is 12.8. The van der Waals surface area contributed by atoms with Gasteiger partial charge in [0.15, 0.2) is 17.3 Å². The Morgan fingerprint density at radius 2 is 1.76 bits per heavy atom. The van der Waals surface area contributed by atoms with E-state index in [1.165, 1.54) is 17.7 Å². The molecule has 0 spiro atoms. The van der Waals surface area contributed by atoms with Crippen LogP contribution in [0, 0.1) is 5.82 Å². The number of rotatable bonds is 8. The van der Waals surface area contributed by atoms with Crippen LogP contribution in [0.25, 0.3) is 11.1 Å². The van der Waals surface area contributed by atoms with Crippen LogP contribution < -0.4 is 15.0 Å². The lowest BCUT2D eigenvalue weighted by atomic mass is 10.1. The maximum Gasteiger partial charge on any atom is 0.276 e. The number of carbonyl (C=O) groups is 1. The highest BCUT2D eigenvalue weighted by molar-refractivity contribution is 6.33. The highest BCUT2D eigenvalue weighted by atomic mass is 35.5. The number of para-hydroxylation sites is 2. The Bertz CT molecular complexity index is 1290. The molecule has 2 heterocycles. The number of hydrogen-bond donors (Lipinski definition) is 0. The van der Waals surface area contributed by atoms with Gasteiger partial charge in [-0.05, 0) is 44.0 Å². The predicted octanol–water partition coefficient (Wildman–Crippen LogP) is 5.68. The summed E-state index contributed by atoms with van der Waals surface area (Å²) in [5, 5.41) is 0.158. The quantitative estimate of drug-likeness (QED) is 0.366. The van der Waals surface area contributed by atoms with Crippen molar-refractivity contribution < 1.29 is 23.4 Å². The molecular weight excluding hydrogens is 486 g/mol. The molecule has 0 saturated carbocycles. The highest BCUT2D eigenvalue weighted by Crippen LogP contribution is 2.40. The van der Waals surface area contributed by atoms with Crippen molar-refractivity contribution in [2.45, 2.75) is 46.1 Å². The first-order chi connectivity index (χ1) is 16.3. The summed E-state index contributed by atoms with van der Waals surface area (Å²) in [5.41, 5.74) is -0.333. The van der Waals surface area contributed by atoms with Crippen molar-refractivity contribution in [1.82, 2.24) is 9.36 Å². The number of ketones is 1. The van der Waals surface area contributed by atoms with Crippen LogP contribution in [-0.2, 0) is 22.6 Å². The van der Waals surface area contributed by atoms with Gasteiger partial charge in [0.25, 0.3) is 11.8 Å². The Morgan fingerprint density at radius 3 is 2.41 bits per heavy atom. The molecule has 10 heteroatoms. The van der Waals surface area contributed by atoms with Gasteiger partial charge in [-0.15, -0.1) is 0 Å². The van der Waals surface area contributed by atoms with Crippen molar-refractivity contribution in [2.24, 2.45) is 0 Å². The van der Waals surface area contributed by atoms with E-state index in [9.17, 15) is 14.0 Å². The van der Waals surface area contributed by atoms with E-state index in [2.05, 4.69) is 0 Å². The van der Waals surface area contributed by atoms with Crippen LogP contribution in [0.15, 0.2) is 41.2 Å². The van der Waals surface area contributed by atoms with Gasteiger partial charge in [0.2, 0.25) is 0 Å². The van der Waals surface area contributed by atoms with Crippen molar-refractivity contribution in [3.05, 3.63) is 62.7 Å². The lowest BCUT2D eigenvalue weighted by molar-refractivity contribution is -0.147. The summed E-state index contributed by atoms with van der Waals surface area (Å²) in [4.78, 5) is 24.8. The zero-order valence-electron chi connectivity index (χ0n) is 18.6. The van der Waals surface area contributed by atoms with E-state index >= 15 is 0 Å². The molecule has 1 unspecified atom stereocenters. The highest BCUT2D eigenvalue weighted by Gasteiger charge is 2.26. The topological polar surface area (TPSA) is 71.7 Å². The number of ether oxygens (including phenoxy) is 3. The van der Waals surface area contributed by atoms with E-state index in [1.54, 1.807) is 35.9 Å². The molecule has 0 amide bonds. The maximum absolute atomic E-state index is 15.0. The molecule has 0 radical (unpaired) electrons. The summed E-state index contributed by atoms with van der Waals surface area (Å²) in [7, 11) is 0. The van der Waals surface area contributed by atoms with Gasteiger partial charge in [-0.2, -0.15) is 0 Å². The minimum absolute atomic E-state index is 0.0100. The van der Waals surface area contributed by atoms with Crippen LogP contribution in [-0.4, -0.2) is 28.0 Å². The Labute approximate surface area is 205 Å². The zero-order chi connectivity index (χ0) is 24.4.